The molecule has 0 aliphatic carbocycles. The third-order valence-corrected chi connectivity index (χ3v) is 4.51. The van der Waals surface area contributed by atoms with Gasteiger partial charge in [-0.2, -0.15) is 0 Å². The Morgan fingerprint density at radius 3 is 2.54 bits per heavy atom. The minimum Gasteiger partial charge on any atom is -0.354 e. The molecule has 0 saturated heterocycles. The summed E-state index contributed by atoms with van der Waals surface area (Å²) in [6.07, 6.45) is 1.61. The Hall–Kier alpha value is -3.35. The molecule has 0 aliphatic rings. The highest BCUT2D eigenvalue weighted by atomic mass is 16.2. The number of aromatic nitrogens is 3. The maximum atomic E-state index is 12.5. The van der Waals surface area contributed by atoms with Crippen molar-refractivity contribution in [1.29, 1.82) is 0 Å². The predicted molar refractivity (Wildman–Crippen MR) is 106 cm³/mol. The third kappa shape index (κ3) is 4.68. The van der Waals surface area contributed by atoms with Crippen LogP contribution in [0.1, 0.15) is 36.2 Å². The van der Waals surface area contributed by atoms with Gasteiger partial charge in [0.05, 0.1) is 5.39 Å². The Morgan fingerprint density at radius 2 is 1.82 bits per heavy atom. The molecule has 2 aromatic carbocycles. The lowest BCUT2D eigenvalue weighted by atomic mass is 10.0. The standard InChI is InChI=1S/C21H22N4O3/c1-14(22-15(2)26)7-8-16-9-11-17(12-10-16)20(27)13-25-21(28)18-5-3-4-6-19(18)23-24-25/h3-6,9-12,14H,7-8,13H2,1-2H3,(H,22,26). The first-order valence-corrected chi connectivity index (χ1v) is 9.16. The van der Waals surface area contributed by atoms with E-state index in [2.05, 4.69) is 15.6 Å². The topological polar surface area (TPSA) is 93.9 Å². The molecule has 7 heteroatoms. The number of hydrogen-bond donors (Lipinski definition) is 1. The first-order valence-electron chi connectivity index (χ1n) is 9.16. The molecule has 7 nitrogen and oxygen atoms in total. The Labute approximate surface area is 162 Å². The fraction of sp³-hybridized carbons (Fsp3) is 0.286. The molecule has 0 aliphatic heterocycles. The Balaban J connectivity index is 1.66. The van der Waals surface area contributed by atoms with Crippen molar-refractivity contribution in [1.82, 2.24) is 20.3 Å². The number of rotatable bonds is 7. The van der Waals surface area contributed by atoms with E-state index in [0.717, 1.165) is 23.1 Å². The number of hydrogen-bond acceptors (Lipinski definition) is 5. The molecule has 0 radical (unpaired) electrons. The largest absolute Gasteiger partial charge is 0.354 e. The molecule has 28 heavy (non-hydrogen) atoms. The van der Waals surface area contributed by atoms with Crippen LogP contribution in [-0.4, -0.2) is 32.7 Å². The molecular weight excluding hydrogens is 356 g/mol. The highest BCUT2D eigenvalue weighted by molar-refractivity contribution is 5.96. The van der Waals surface area contributed by atoms with Gasteiger partial charge in [0.15, 0.2) is 5.78 Å². The molecular formula is C21H22N4O3. The van der Waals surface area contributed by atoms with Crippen LogP contribution in [0.15, 0.2) is 53.3 Å². The fourth-order valence-electron chi connectivity index (χ4n) is 3.01. The summed E-state index contributed by atoms with van der Waals surface area (Å²) >= 11 is 0. The minimum atomic E-state index is -0.331. The molecule has 1 N–H and O–H groups in total. The van der Waals surface area contributed by atoms with Crippen LogP contribution in [0.25, 0.3) is 10.9 Å². The number of benzene rings is 2. The van der Waals surface area contributed by atoms with E-state index in [1.165, 1.54) is 6.92 Å². The summed E-state index contributed by atoms with van der Waals surface area (Å²) in [7, 11) is 0. The smallest absolute Gasteiger partial charge is 0.278 e. The fourth-order valence-corrected chi connectivity index (χ4v) is 3.01. The van der Waals surface area contributed by atoms with Gasteiger partial charge in [0.2, 0.25) is 5.91 Å². The van der Waals surface area contributed by atoms with Crippen LogP contribution in [0.2, 0.25) is 0 Å². The highest BCUT2D eigenvalue weighted by Crippen LogP contribution is 2.10. The summed E-state index contributed by atoms with van der Waals surface area (Å²) in [6.45, 7) is 3.30. The van der Waals surface area contributed by atoms with Gasteiger partial charge in [-0.15, -0.1) is 5.10 Å². The number of Topliss-reactive ketones (excluding diaryl/α,β-unsaturated/α-hetero) is 1. The first-order chi connectivity index (χ1) is 13.4. The molecule has 144 valence electrons. The van der Waals surface area contributed by atoms with Gasteiger partial charge in [0.1, 0.15) is 12.1 Å². The van der Waals surface area contributed by atoms with Crippen molar-refractivity contribution >= 4 is 22.6 Å². The summed E-state index contributed by atoms with van der Waals surface area (Å²) in [5, 5.41) is 11.1. The summed E-state index contributed by atoms with van der Waals surface area (Å²) < 4.78 is 1.09. The maximum Gasteiger partial charge on any atom is 0.278 e. The molecule has 0 saturated carbocycles. The normalized spacial score (nSPS) is 11.9. The molecule has 1 unspecified atom stereocenters. The van der Waals surface area contributed by atoms with Crippen LogP contribution in [0.4, 0.5) is 0 Å². The van der Waals surface area contributed by atoms with Crippen LogP contribution >= 0.6 is 0 Å². The molecule has 0 fully saturated rings. The number of carbonyl (C=O) groups excluding carboxylic acids is 2. The monoisotopic (exact) mass is 378 g/mol. The van der Waals surface area contributed by atoms with Crippen molar-refractivity contribution in [3.05, 3.63) is 70.0 Å². The van der Waals surface area contributed by atoms with Crippen molar-refractivity contribution in [2.75, 3.05) is 0 Å². The van der Waals surface area contributed by atoms with E-state index in [4.69, 9.17) is 0 Å². The molecule has 3 aromatic rings. The van der Waals surface area contributed by atoms with E-state index < -0.39 is 0 Å². The lowest BCUT2D eigenvalue weighted by Gasteiger charge is -2.12. The number of fused-ring (bicyclic) bond motifs is 1. The zero-order valence-electron chi connectivity index (χ0n) is 15.9. The van der Waals surface area contributed by atoms with Gasteiger partial charge < -0.3 is 5.32 Å². The zero-order valence-corrected chi connectivity index (χ0v) is 15.9. The SMILES string of the molecule is CC(=O)NC(C)CCc1ccc(C(=O)Cn2nnc3ccccc3c2=O)cc1. The average Bonchev–Trinajstić information content (AvgIpc) is 2.68. The van der Waals surface area contributed by atoms with Crippen molar-refractivity contribution in [2.24, 2.45) is 0 Å². The number of aryl methyl sites for hydroxylation is 1. The number of nitrogens with zero attached hydrogens (tertiary/aromatic N) is 3. The molecule has 0 bridgehead atoms. The number of nitrogens with one attached hydrogen (secondary N) is 1. The van der Waals surface area contributed by atoms with Crippen molar-refractivity contribution < 1.29 is 9.59 Å². The average molecular weight is 378 g/mol. The van der Waals surface area contributed by atoms with Crippen molar-refractivity contribution in [3.8, 4) is 0 Å². The number of amides is 1. The van der Waals surface area contributed by atoms with Crippen LogP contribution in [0.3, 0.4) is 0 Å². The summed E-state index contributed by atoms with van der Waals surface area (Å²) in [4.78, 5) is 36.0. The molecule has 3 rings (SSSR count). The Kier molecular flexibility index (Phi) is 5.93. The van der Waals surface area contributed by atoms with Gasteiger partial charge in [0, 0.05) is 18.5 Å². The third-order valence-electron chi connectivity index (χ3n) is 4.51. The summed E-state index contributed by atoms with van der Waals surface area (Å²) in [6, 6.07) is 14.3. The lowest BCUT2D eigenvalue weighted by Crippen LogP contribution is -2.30. The molecule has 1 aromatic heterocycles. The first kappa shape index (κ1) is 19.4. The van der Waals surface area contributed by atoms with Gasteiger partial charge in [0.25, 0.3) is 5.56 Å². The highest BCUT2D eigenvalue weighted by Gasteiger charge is 2.12. The van der Waals surface area contributed by atoms with Crippen molar-refractivity contribution in [3.63, 3.8) is 0 Å². The Bertz CT molecular complexity index is 1060. The summed E-state index contributed by atoms with van der Waals surface area (Å²) in [5.41, 5.74) is 1.77. The Morgan fingerprint density at radius 1 is 1.11 bits per heavy atom. The molecule has 0 spiro atoms. The number of ketones is 1. The van der Waals surface area contributed by atoms with E-state index >= 15 is 0 Å². The second-order valence-corrected chi connectivity index (χ2v) is 6.83. The minimum absolute atomic E-state index is 0.0412. The van der Waals surface area contributed by atoms with Gasteiger partial charge in [-0.25, -0.2) is 4.68 Å². The van der Waals surface area contributed by atoms with Gasteiger partial charge in [-0.3, -0.25) is 14.4 Å². The van der Waals surface area contributed by atoms with Crippen LogP contribution < -0.4 is 10.9 Å². The van der Waals surface area contributed by atoms with Crippen molar-refractivity contribution in [2.45, 2.75) is 39.3 Å². The molecule has 1 atom stereocenters. The summed E-state index contributed by atoms with van der Waals surface area (Å²) in [5.74, 6) is -0.245. The second kappa shape index (κ2) is 8.56. The zero-order chi connectivity index (χ0) is 20.1. The van der Waals surface area contributed by atoms with E-state index in [-0.39, 0.29) is 29.8 Å². The molecule has 1 amide bonds. The van der Waals surface area contributed by atoms with Gasteiger partial charge >= 0.3 is 0 Å². The van der Waals surface area contributed by atoms with E-state index in [1.54, 1.807) is 36.4 Å². The van der Waals surface area contributed by atoms with E-state index in [9.17, 15) is 14.4 Å². The molecule has 1 heterocycles. The second-order valence-electron chi connectivity index (χ2n) is 6.83. The maximum absolute atomic E-state index is 12.5. The van der Waals surface area contributed by atoms with Gasteiger partial charge in [-0.1, -0.05) is 41.6 Å². The van der Waals surface area contributed by atoms with Crippen LogP contribution in [0, 0.1) is 0 Å². The van der Waals surface area contributed by atoms with E-state index in [1.807, 2.05) is 19.1 Å². The quantitative estimate of drug-likeness (QED) is 0.636. The van der Waals surface area contributed by atoms with E-state index in [0.29, 0.717) is 16.5 Å². The predicted octanol–water partition coefficient (Wildman–Crippen LogP) is 2.13. The number of carbonyl (C=O) groups is 2. The van der Waals surface area contributed by atoms with Gasteiger partial charge in [-0.05, 0) is 37.5 Å². The van der Waals surface area contributed by atoms with Crippen LogP contribution in [0.5, 0.6) is 0 Å². The van der Waals surface area contributed by atoms with Crippen LogP contribution in [-0.2, 0) is 17.8 Å². The lowest BCUT2D eigenvalue weighted by molar-refractivity contribution is -0.119.